The zero-order valence-corrected chi connectivity index (χ0v) is 32.1. The largest absolute Gasteiger partial charge is 0.490 e. The molecule has 13 atom stereocenters. The molecule has 0 bridgehead atoms. The van der Waals surface area contributed by atoms with Crippen LogP contribution in [0.4, 0.5) is 11.6 Å². The van der Waals surface area contributed by atoms with Crippen molar-refractivity contribution in [1.29, 1.82) is 0 Å². The number of rotatable bonds is 16. The summed E-state index contributed by atoms with van der Waals surface area (Å²) in [5.41, 5.74) is 11.7. The lowest BCUT2D eigenvalue weighted by Crippen LogP contribution is -2.33. The third-order valence-electron chi connectivity index (χ3n) is 7.63. The number of hydrogen-bond acceptors (Lipinski definition) is 25. The second-order valence-corrected chi connectivity index (χ2v) is 19.3. The van der Waals surface area contributed by atoms with Gasteiger partial charge in [-0.25, -0.2) is 52.7 Å². The average molecular weight is 916 g/mol. The monoisotopic (exact) mass is 916 g/mol. The second kappa shape index (κ2) is 16.0. The van der Waals surface area contributed by atoms with Crippen molar-refractivity contribution in [2.45, 2.75) is 49.1 Å². The predicted octanol–water partition coefficient (Wildman–Crippen LogP) is -2.33. The van der Waals surface area contributed by atoms with Gasteiger partial charge in [-0.15, -0.1) is 0 Å². The van der Waals surface area contributed by atoms with Crippen molar-refractivity contribution in [2.24, 2.45) is 0 Å². The van der Waals surface area contributed by atoms with E-state index >= 15 is 0 Å². The maximum atomic E-state index is 12.4. The van der Waals surface area contributed by atoms with E-state index in [4.69, 9.17) is 20.9 Å². The number of imidazole rings is 2. The number of aromatic nitrogens is 8. The summed E-state index contributed by atoms with van der Waals surface area (Å²) >= 11 is 0. The molecule has 0 saturated carbocycles. The number of aliphatic hydroxyl groups excluding tert-OH is 4. The summed E-state index contributed by atoms with van der Waals surface area (Å²) in [4.78, 5) is 72.6. The van der Waals surface area contributed by atoms with Crippen LogP contribution >= 0.6 is 39.1 Å². The topological polar surface area (TPSA) is 481 Å². The highest BCUT2D eigenvalue weighted by molar-refractivity contribution is 7.71. The van der Waals surface area contributed by atoms with Crippen LogP contribution in [0.15, 0.2) is 25.3 Å². The number of phosphoric acid groups is 5. The number of aliphatic hydroxyl groups is 4. The summed E-state index contributed by atoms with van der Waals surface area (Å²) < 4.78 is 98.9. The first-order valence-electron chi connectivity index (χ1n) is 15.1. The molecule has 0 aromatic carbocycles. The maximum absolute atomic E-state index is 12.4. The molecule has 0 radical (unpaired) electrons. The van der Waals surface area contributed by atoms with Gasteiger partial charge in [-0.05, 0) is 0 Å². The third-order valence-corrected chi connectivity index (χ3v) is 15.2. The van der Waals surface area contributed by atoms with Gasteiger partial charge in [0.05, 0.1) is 25.9 Å². The van der Waals surface area contributed by atoms with E-state index in [-0.39, 0.29) is 34.0 Å². The lowest BCUT2D eigenvalue weighted by molar-refractivity contribution is -0.0503. The summed E-state index contributed by atoms with van der Waals surface area (Å²) in [6, 6.07) is 0. The fourth-order valence-electron chi connectivity index (χ4n) is 5.25. The number of ether oxygens (including phenoxy) is 2. The molecule has 13 N–H and O–H groups in total. The molecule has 4 aromatic heterocycles. The van der Waals surface area contributed by atoms with Gasteiger partial charge in [0.25, 0.3) is 0 Å². The quantitative estimate of drug-likeness (QED) is 0.0525. The normalized spacial score (nSPS) is 30.8. The lowest BCUT2D eigenvalue weighted by atomic mass is 10.1. The van der Waals surface area contributed by atoms with Gasteiger partial charge in [-0.1, -0.05) is 0 Å². The number of nitrogen functional groups attached to an aromatic ring is 2. The highest BCUT2D eigenvalue weighted by Crippen LogP contribution is 2.73. The van der Waals surface area contributed by atoms with Gasteiger partial charge in [0.2, 0.25) is 0 Å². The van der Waals surface area contributed by atoms with Crippen LogP contribution in [-0.2, 0) is 58.6 Å². The van der Waals surface area contributed by atoms with E-state index in [2.05, 4.69) is 56.2 Å². The first-order valence-corrected chi connectivity index (χ1v) is 22.5. The SMILES string of the molecule is Nc1ncnc2c1ncn2[C@@H]1O[C@H](COP(=O)(O)OP(=O)(O)OP(=O)(O)OP(=O)(O)OP(=O)(O)OC[C@H]2O[C@@H](n3cnc4c(N)ncnc43)[C@@H](O)[C@@H]2O)[C@H](O)[C@H]1O. The molecule has 0 aliphatic carbocycles. The molecule has 2 aliphatic rings. The Morgan fingerprint density at radius 1 is 0.544 bits per heavy atom. The van der Waals surface area contributed by atoms with Crippen molar-refractivity contribution in [3.05, 3.63) is 25.3 Å². The summed E-state index contributed by atoms with van der Waals surface area (Å²) in [6.07, 6.45) is -9.04. The van der Waals surface area contributed by atoms with Crippen molar-refractivity contribution in [3.8, 4) is 0 Å². The van der Waals surface area contributed by atoms with Crippen molar-refractivity contribution in [3.63, 3.8) is 0 Å². The highest BCUT2D eigenvalue weighted by atomic mass is 31.3. The zero-order chi connectivity index (χ0) is 41.9. The molecular formula is C20H29N10O22P5. The van der Waals surface area contributed by atoms with Crippen molar-refractivity contribution in [2.75, 3.05) is 24.7 Å². The highest BCUT2D eigenvalue weighted by Gasteiger charge is 2.51. The van der Waals surface area contributed by atoms with Gasteiger partial charge >= 0.3 is 39.1 Å². The van der Waals surface area contributed by atoms with Crippen LogP contribution in [0.2, 0.25) is 0 Å². The summed E-state index contributed by atoms with van der Waals surface area (Å²) in [6.45, 7) is -2.34. The number of nitrogens with zero attached hydrogens (tertiary/aromatic N) is 8. The van der Waals surface area contributed by atoms with Crippen LogP contribution in [-0.4, -0.2) is 134 Å². The van der Waals surface area contributed by atoms with Gasteiger partial charge in [-0.2, -0.15) is 17.2 Å². The molecule has 6 rings (SSSR count). The Bertz CT molecular complexity index is 2230. The Morgan fingerprint density at radius 3 is 1.23 bits per heavy atom. The summed E-state index contributed by atoms with van der Waals surface area (Å²) in [5, 5.41) is 41.8. The minimum atomic E-state index is -6.45. The molecule has 0 amide bonds. The first-order chi connectivity index (χ1) is 26.4. The number of nitrogens with two attached hydrogens (primary N) is 2. The first kappa shape index (κ1) is 43.7. The van der Waals surface area contributed by atoms with Gasteiger partial charge in [0, 0.05) is 0 Å². The molecule has 2 aliphatic heterocycles. The summed E-state index contributed by atoms with van der Waals surface area (Å²) in [7, 11) is -30.8. The molecule has 5 unspecified atom stereocenters. The van der Waals surface area contributed by atoms with Gasteiger partial charge in [0.15, 0.2) is 35.4 Å². The van der Waals surface area contributed by atoms with E-state index in [0.29, 0.717) is 0 Å². The average Bonchev–Trinajstić information content (AvgIpc) is 3.83. The fourth-order valence-corrected chi connectivity index (χ4v) is 11.6. The molecule has 57 heavy (non-hydrogen) atoms. The van der Waals surface area contributed by atoms with Gasteiger partial charge in [-0.3, -0.25) is 18.2 Å². The molecule has 4 aromatic rings. The van der Waals surface area contributed by atoms with Crippen LogP contribution < -0.4 is 11.5 Å². The maximum Gasteiger partial charge on any atom is 0.490 e. The zero-order valence-electron chi connectivity index (χ0n) is 27.6. The Kier molecular flexibility index (Phi) is 12.3. The Hall–Kier alpha value is -2.83. The Labute approximate surface area is 314 Å². The van der Waals surface area contributed by atoms with E-state index < -0.39 is 101 Å². The van der Waals surface area contributed by atoms with Crippen molar-refractivity contribution >= 4 is 73.1 Å². The van der Waals surface area contributed by atoms with Crippen LogP contribution in [0.1, 0.15) is 12.5 Å². The van der Waals surface area contributed by atoms with Crippen molar-refractivity contribution < 1.29 is 103 Å². The van der Waals surface area contributed by atoms with Crippen LogP contribution in [0, 0.1) is 0 Å². The molecule has 316 valence electrons. The van der Waals surface area contributed by atoms with Crippen molar-refractivity contribution in [1.82, 2.24) is 39.0 Å². The van der Waals surface area contributed by atoms with E-state index in [9.17, 15) is 67.7 Å². The minimum Gasteiger partial charge on any atom is -0.387 e. The molecule has 0 spiro atoms. The van der Waals surface area contributed by atoms with Crippen LogP contribution in [0.3, 0.4) is 0 Å². The van der Waals surface area contributed by atoms with E-state index in [1.807, 2.05) is 0 Å². The molecule has 37 heteroatoms. The number of anilines is 2. The third kappa shape index (κ3) is 9.80. The second-order valence-electron chi connectivity index (χ2n) is 11.5. The van der Waals surface area contributed by atoms with Gasteiger partial charge < -0.3 is 65.8 Å². The van der Waals surface area contributed by atoms with E-state index in [1.54, 1.807) is 0 Å². The molecule has 2 fully saturated rings. The molecular weight excluding hydrogens is 887 g/mol. The number of phosphoric ester groups is 2. The smallest absolute Gasteiger partial charge is 0.387 e. The molecule has 32 nitrogen and oxygen atoms in total. The van der Waals surface area contributed by atoms with Crippen LogP contribution in [0.25, 0.3) is 22.3 Å². The number of hydrogen-bond donors (Lipinski definition) is 11. The fraction of sp³-hybridized carbons (Fsp3) is 0.500. The lowest BCUT2D eigenvalue weighted by Gasteiger charge is -2.21. The minimum absolute atomic E-state index is 0.0385. The number of fused-ring (bicyclic) bond motifs is 2. The molecule has 2 saturated heterocycles. The predicted molar refractivity (Wildman–Crippen MR) is 177 cm³/mol. The van der Waals surface area contributed by atoms with E-state index in [1.165, 1.54) is 0 Å². The Morgan fingerprint density at radius 2 is 0.877 bits per heavy atom. The standard InChI is InChI=1S/C20H29N10O22P5/c21-15-9-17(25-3-23-15)29(5-27-9)19-13(33)11(31)7(47-19)1-45-53(35,36)49-55(39,40)51-57(43,44)52-56(41,42)50-54(37,38)46-2-8-12(32)14(34)20(48-8)30-6-28-10-16(22)24-4-26-18(10)30/h3-8,11-14,19-20,31-34H,1-2H2,(H,35,36)(H,37,38)(H,39,40)(H,41,42)(H,43,44)(H2,21,23,25)(H2,22,24,26)/t7-,8-,11-,12+,13+,14-,19-,20-/m1/s1. The van der Waals surface area contributed by atoms with Gasteiger partial charge in [0.1, 0.15) is 60.3 Å². The van der Waals surface area contributed by atoms with E-state index in [0.717, 1.165) is 34.4 Å². The summed E-state index contributed by atoms with van der Waals surface area (Å²) in [5.74, 6) is -0.0770. The molecule has 6 heterocycles. The van der Waals surface area contributed by atoms with Crippen LogP contribution in [0.5, 0.6) is 0 Å². The Balaban J connectivity index is 1.00.